The van der Waals surface area contributed by atoms with Gasteiger partial charge in [-0.15, -0.1) is 0 Å². The summed E-state index contributed by atoms with van der Waals surface area (Å²) in [5, 5.41) is 1.01. The molecule has 128 valence electrons. The monoisotopic (exact) mass is 332 g/mol. The first-order valence-corrected chi connectivity index (χ1v) is 8.75. The van der Waals surface area contributed by atoms with Gasteiger partial charge in [-0.25, -0.2) is 15.0 Å². The van der Waals surface area contributed by atoms with Gasteiger partial charge in [0.25, 0.3) is 0 Å². The second-order valence-electron chi connectivity index (χ2n) is 8.77. The molecule has 0 amide bonds. The van der Waals surface area contributed by atoms with Crippen LogP contribution in [0.5, 0.6) is 0 Å². The van der Waals surface area contributed by atoms with Crippen LogP contribution in [0.3, 0.4) is 0 Å². The fraction of sp³-hybridized carbons (Fsp3) is 0.381. The minimum absolute atomic E-state index is 0.00830. The SMILES string of the molecule is CC(C)(C)c1ccc2c(n1)nc(C(C)(C)C)c1c2nc2ccccn21. The molecular formula is C21H24N4. The van der Waals surface area contributed by atoms with Crippen molar-refractivity contribution in [2.45, 2.75) is 52.4 Å². The van der Waals surface area contributed by atoms with Crippen LogP contribution in [0.2, 0.25) is 0 Å². The van der Waals surface area contributed by atoms with Crippen LogP contribution in [-0.4, -0.2) is 19.4 Å². The van der Waals surface area contributed by atoms with Crippen LogP contribution in [-0.2, 0) is 10.8 Å². The number of imidazole rings is 1. The van der Waals surface area contributed by atoms with Crippen molar-refractivity contribution in [3.63, 3.8) is 0 Å². The molecule has 4 nitrogen and oxygen atoms in total. The molecule has 0 N–H and O–H groups in total. The number of fused-ring (bicyclic) bond motifs is 5. The Kier molecular flexibility index (Phi) is 3.21. The Morgan fingerprint density at radius 2 is 1.56 bits per heavy atom. The Morgan fingerprint density at radius 3 is 2.24 bits per heavy atom. The van der Waals surface area contributed by atoms with Crippen molar-refractivity contribution in [3.8, 4) is 0 Å². The lowest BCUT2D eigenvalue weighted by atomic mass is 9.89. The molecule has 4 heterocycles. The van der Waals surface area contributed by atoms with Gasteiger partial charge in [0.05, 0.1) is 11.2 Å². The van der Waals surface area contributed by atoms with Gasteiger partial charge in [0, 0.05) is 28.1 Å². The number of aromatic nitrogens is 4. The topological polar surface area (TPSA) is 43.1 Å². The third-order valence-electron chi connectivity index (χ3n) is 4.58. The molecule has 0 aliphatic carbocycles. The highest BCUT2D eigenvalue weighted by Gasteiger charge is 2.25. The zero-order valence-electron chi connectivity index (χ0n) is 15.8. The number of nitrogens with zero attached hydrogens (tertiary/aromatic N) is 4. The van der Waals surface area contributed by atoms with Crippen molar-refractivity contribution in [2.75, 3.05) is 0 Å². The highest BCUT2D eigenvalue weighted by Crippen LogP contribution is 2.34. The summed E-state index contributed by atoms with van der Waals surface area (Å²) in [6.07, 6.45) is 2.06. The smallest absolute Gasteiger partial charge is 0.162 e. The van der Waals surface area contributed by atoms with Crippen LogP contribution in [0.15, 0.2) is 36.5 Å². The average molecular weight is 332 g/mol. The minimum atomic E-state index is -0.0995. The van der Waals surface area contributed by atoms with Gasteiger partial charge in [-0.3, -0.25) is 4.40 Å². The van der Waals surface area contributed by atoms with E-state index in [0.717, 1.165) is 39.1 Å². The quantitative estimate of drug-likeness (QED) is 0.454. The summed E-state index contributed by atoms with van der Waals surface area (Å²) in [7, 11) is 0. The summed E-state index contributed by atoms with van der Waals surface area (Å²) < 4.78 is 2.14. The highest BCUT2D eigenvalue weighted by atomic mass is 15.0. The minimum Gasteiger partial charge on any atom is -0.298 e. The fourth-order valence-corrected chi connectivity index (χ4v) is 3.23. The lowest BCUT2D eigenvalue weighted by Crippen LogP contribution is -2.17. The predicted molar refractivity (Wildman–Crippen MR) is 103 cm³/mol. The molecule has 0 spiro atoms. The lowest BCUT2D eigenvalue weighted by Gasteiger charge is -2.21. The van der Waals surface area contributed by atoms with E-state index in [9.17, 15) is 0 Å². The Balaban J connectivity index is 2.21. The van der Waals surface area contributed by atoms with Crippen LogP contribution in [0.1, 0.15) is 52.9 Å². The molecule has 0 atom stereocenters. The summed E-state index contributed by atoms with van der Waals surface area (Å²) in [5.74, 6) is 0. The van der Waals surface area contributed by atoms with Crippen LogP contribution >= 0.6 is 0 Å². The highest BCUT2D eigenvalue weighted by molar-refractivity contribution is 6.03. The number of pyridine rings is 3. The maximum absolute atomic E-state index is 5.00. The number of rotatable bonds is 0. The van der Waals surface area contributed by atoms with Gasteiger partial charge in [-0.1, -0.05) is 47.6 Å². The zero-order chi connectivity index (χ0) is 18.0. The lowest BCUT2D eigenvalue weighted by molar-refractivity contribution is 0.567. The molecule has 0 aliphatic rings. The molecule has 0 unspecified atom stereocenters. The van der Waals surface area contributed by atoms with E-state index in [1.165, 1.54) is 0 Å². The third kappa shape index (κ3) is 2.48. The first-order valence-electron chi connectivity index (χ1n) is 8.75. The van der Waals surface area contributed by atoms with Gasteiger partial charge in [-0.2, -0.15) is 0 Å². The van der Waals surface area contributed by atoms with Crippen molar-refractivity contribution in [3.05, 3.63) is 47.9 Å². The zero-order valence-corrected chi connectivity index (χ0v) is 15.8. The Labute approximate surface area is 147 Å². The Morgan fingerprint density at radius 1 is 0.800 bits per heavy atom. The van der Waals surface area contributed by atoms with E-state index >= 15 is 0 Å². The molecule has 25 heavy (non-hydrogen) atoms. The first kappa shape index (κ1) is 16.0. The van der Waals surface area contributed by atoms with E-state index in [0.29, 0.717) is 0 Å². The molecule has 0 aromatic carbocycles. The molecule has 4 aromatic rings. The van der Waals surface area contributed by atoms with Gasteiger partial charge in [0.2, 0.25) is 0 Å². The summed E-state index contributed by atoms with van der Waals surface area (Å²) in [6.45, 7) is 13.1. The standard InChI is InChI=1S/C21H24N4/c1-20(2,3)14-11-10-13-16-17(25-12-8-7-9-15(25)23-16)18(21(4,5)6)24-19(13)22-14/h7-12H,1-6H3. The summed E-state index contributed by atoms with van der Waals surface area (Å²) in [5.41, 5.74) is 5.77. The molecule has 4 aromatic heterocycles. The molecule has 0 bridgehead atoms. The van der Waals surface area contributed by atoms with Crippen molar-refractivity contribution in [1.29, 1.82) is 0 Å². The predicted octanol–water partition coefficient (Wildman–Crippen LogP) is 5.03. The van der Waals surface area contributed by atoms with Gasteiger partial charge in [0.15, 0.2) is 5.65 Å². The summed E-state index contributed by atoms with van der Waals surface area (Å²) >= 11 is 0. The Bertz CT molecular complexity index is 1110. The van der Waals surface area contributed by atoms with Gasteiger partial charge in [-0.05, 0) is 24.3 Å². The molecule has 0 aliphatic heterocycles. The second kappa shape index (κ2) is 5.01. The third-order valence-corrected chi connectivity index (χ3v) is 4.58. The molecule has 0 fully saturated rings. The largest absolute Gasteiger partial charge is 0.298 e. The van der Waals surface area contributed by atoms with Crippen LogP contribution in [0, 0.1) is 0 Å². The van der Waals surface area contributed by atoms with E-state index in [1.54, 1.807) is 0 Å². The van der Waals surface area contributed by atoms with Crippen molar-refractivity contribution < 1.29 is 0 Å². The van der Waals surface area contributed by atoms with E-state index < -0.39 is 0 Å². The molecule has 0 saturated heterocycles. The van der Waals surface area contributed by atoms with Gasteiger partial charge >= 0.3 is 0 Å². The molecule has 4 rings (SSSR count). The first-order chi connectivity index (χ1) is 11.7. The fourth-order valence-electron chi connectivity index (χ4n) is 3.23. The normalized spacial score (nSPS) is 13.2. The van der Waals surface area contributed by atoms with Crippen molar-refractivity contribution in [2.24, 2.45) is 0 Å². The van der Waals surface area contributed by atoms with Gasteiger partial charge in [0.1, 0.15) is 11.2 Å². The number of hydrogen-bond acceptors (Lipinski definition) is 3. The molecular weight excluding hydrogens is 308 g/mol. The maximum atomic E-state index is 5.00. The van der Waals surface area contributed by atoms with Crippen molar-refractivity contribution >= 4 is 27.7 Å². The van der Waals surface area contributed by atoms with E-state index in [-0.39, 0.29) is 10.8 Å². The van der Waals surface area contributed by atoms with E-state index in [1.807, 2.05) is 18.2 Å². The van der Waals surface area contributed by atoms with E-state index in [4.69, 9.17) is 15.0 Å². The maximum Gasteiger partial charge on any atom is 0.162 e. The summed E-state index contributed by atoms with van der Waals surface area (Å²) in [4.78, 5) is 14.8. The molecule has 0 saturated carbocycles. The van der Waals surface area contributed by atoms with Crippen LogP contribution in [0.4, 0.5) is 0 Å². The van der Waals surface area contributed by atoms with Gasteiger partial charge < -0.3 is 0 Å². The average Bonchev–Trinajstić information content (AvgIpc) is 2.91. The van der Waals surface area contributed by atoms with Crippen LogP contribution in [0.25, 0.3) is 27.7 Å². The van der Waals surface area contributed by atoms with Crippen molar-refractivity contribution in [1.82, 2.24) is 19.4 Å². The Hall–Kier alpha value is -2.49. The number of hydrogen-bond donors (Lipinski definition) is 0. The molecule has 0 radical (unpaired) electrons. The second-order valence-corrected chi connectivity index (χ2v) is 8.77. The van der Waals surface area contributed by atoms with Crippen LogP contribution < -0.4 is 0 Å². The van der Waals surface area contributed by atoms with E-state index in [2.05, 4.69) is 64.3 Å². The summed E-state index contributed by atoms with van der Waals surface area (Å²) in [6, 6.07) is 10.3. The molecule has 4 heteroatoms.